The number of ether oxygens (including phenoxy) is 1. The highest BCUT2D eigenvalue weighted by molar-refractivity contribution is 7.90. The molecule has 2 aromatic carbocycles. The molecule has 1 amide bonds. The Bertz CT molecular complexity index is 1250. The zero-order valence-electron chi connectivity index (χ0n) is 17.2. The molecule has 0 aliphatic heterocycles. The van der Waals surface area contributed by atoms with E-state index >= 15 is 0 Å². The van der Waals surface area contributed by atoms with Gasteiger partial charge in [0.25, 0.3) is 10.0 Å². The first-order chi connectivity index (χ1) is 14.3. The molecule has 7 heteroatoms. The summed E-state index contributed by atoms with van der Waals surface area (Å²) < 4.78 is 34.3. The van der Waals surface area contributed by atoms with Crippen LogP contribution >= 0.6 is 0 Å². The first-order valence-corrected chi connectivity index (χ1v) is 11.4. The molecule has 1 aliphatic carbocycles. The fraction of sp³-hybridized carbons (Fsp3) is 0.304. The predicted molar refractivity (Wildman–Crippen MR) is 115 cm³/mol. The molecule has 0 saturated heterocycles. The molecule has 0 spiro atoms. The maximum absolute atomic E-state index is 13.2. The molecule has 0 unspecified atom stereocenters. The van der Waals surface area contributed by atoms with Gasteiger partial charge in [-0.1, -0.05) is 23.8 Å². The minimum atomic E-state index is -4.07. The number of benzene rings is 2. The van der Waals surface area contributed by atoms with Crippen LogP contribution < -0.4 is 9.46 Å². The number of pyridine rings is 1. The molecule has 0 radical (unpaired) electrons. The third kappa shape index (κ3) is 3.54. The average Bonchev–Trinajstić information content (AvgIpc) is 3.50. The SMILES string of the molecule is CCOc1ccc(C)cc1C1(C(=O)NS(=O)(=O)c2cccc3nc(C)ccc23)CC1. The van der Waals surface area contributed by atoms with Crippen LogP contribution in [-0.4, -0.2) is 25.9 Å². The van der Waals surface area contributed by atoms with Crippen molar-refractivity contribution in [2.24, 2.45) is 0 Å². The molecule has 1 aromatic heterocycles. The summed E-state index contributed by atoms with van der Waals surface area (Å²) in [4.78, 5) is 17.6. The lowest BCUT2D eigenvalue weighted by Crippen LogP contribution is -2.39. The summed E-state index contributed by atoms with van der Waals surface area (Å²) in [7, 11) is -4.07. The zero-order chi connectivity index (χ0) is 21.5. The lowest BCUT2D eigenvalue weighted by Gasteiger charge is -2.20. The van der Waals surface area contributed by atoms with Crippen LogP contribution in [0.5, 0.6) is 5.75 Å². The Morgan fingerprint density at radius 1 is 1.13 bits per heavy atom. The fourth-order valence-electron chi connectivity index (χ4n) is 3.78. The summed E-state index contributed by atoms with van der Waals surface area (Å²) in [6.45, 7) is 6.13. The first kappa shape index (κ1) is 20.3. The summed E-state index contributed by atoms with van der Waals surface area (Å²) in [5.41, 5.74) is 2.21. The van der Waals surface area contributed by atoms with Crippen LogP contribution in [-0.2, 0) is 20.2 Å². The van der Waals surface area contributed by atoms with E-state index < -0.39 is 21.3 Å². The third-order valence-corrected chi connectivity index (χ3v) is 6.87. The number of carbonyl (C=O) groups is 1. The number of hydrogen-bond acceptors (Lipinski definition) is 5. The lowest BCUT2D eigenvalue weighted by atomic mass is 9.93. The second-order valence-electron chi connectivity index (χ2n) is 7.72. The van der Waals surface area contributed by atoms with E-state index in [1.54, 1.807) is 24.3 Å². The summed E-state index contributed by atoms with van der Waals surface area (Å²) in [5, 5.41) is 0.485. The number of rotatable bonds is 6. The van der Waals surface area contributed by atoms with Crippen molar-refractivity contribution in [3.63, 3.8) is 0 Å². The summed E-state index contributed by atoms with van der Waals surface area (Å²) in [6.07, 6.45) is 1.16. The number of nitrogens with one attached hydrogen (secondary N) is 1. The number of amides is 1. The third-order valence-electron chi connectivity index (χ3n) is 5.48. The molecule has 1 heterocycles. The van der Waals surface area contributed by atoms with E-state index in [4.69, 9.17) is 4.74 Å². The fourth-order valence-corrected chi connectivity index (χ4v) is 5.05. The maximum atomic E-state index is 13.2. The second kappa shape index (κ2) is 7.40. The number of sulfonamides is 1. The molecule has 6 nitrogen and oxygen atoms in total. The van der Waals surface area contributed by atoms with E-state index in [-0.39, 0.29) is 4.90 Å². The number of aromatic nitrogens is 1. The normalized spacial score (nSPS) is 15.0. The van der Waals surface area contributed by atoms with Gasteiger partial charge in [0, 0.05) is 16.6 Å². The topological polar surface area (TPSA) is 85.4 Å². The van der Waals surface area contributed by atoms with Crippen LogP contribution in [0.2, 0.25) is 0 Å². The standard InChI is InChI=1S/C23H24N2O4S/c1-4-29-20-11-8-15(2)14-18(20)23(12-13-23)22(26)25-30(27,28)21-7-5-6-19-17(21)10-9-16(3)24-19/h5-11,14H,4,12-13H2,1-3H3,(H,25,26). The minimum Gasteiger partial charge on any atom is -0.494 e. The number of aryl methyl sites for hydroxylation is 2. The van der Waals surface area contributed by atoms with Gasteiger partial charge in [-0.05, 0) is 63.9 Å². The molecule has 1 fully saturated rings. The van der Waals surface area contributed by atoms with Crippen LogP contribution in [0.25, 0.3) is 10.9 Å². The summed E-state index contributed by atoms with van der Waals surface area (Å²) >= 11 is 0. The van der Waals surface area contributed by atoms with Gasteiger partial charge in [0.05, 0.1) is 22.4 Å². The minimum absolute atomic E-state index is 0.0472. The van der Waals surface area contributed by atoms with Crippen LogP contribution in [0, 0.1) is 13.8 Å². The number of nitrogens with zero attached hydrogens (tertiary/aromatic N) is 1. The molecule has 0 bridgehead atoms. The highest BCUT2D eigenvalue weighted by atomic mass is 32.2. The van der Waals surface area contributed by atoms with Crippen LogP contribution in [0.3, 0.4) is 0 Å². The number of hydrogen-bond donors (Lipinski definition) is 1. The van der Waals surface area contributed by atoms with Gasteiger partial charge in [0.1, 0.15) is 5.75 Å². The summed E-state index contributed by atoms with van der Waals surface area (Å²) in [6, 6.07) is 14.0. The Labute approximate surface area is 176 Å². The Balaban J connectivity index is 1.70. The first-order valence-electron chi connectivity index (χ1n) is 9.94. The molecular weight excluding hydrogens is 400 g/mol. The number of carbonyl (C=O) groups excluding carboxylic acids is 1. The van der Waals surface area contributed by atoms with Crippen molar-refractivity contribution >= 4 is 26.8 Å². The van der Waals surface area contributed by atoms with E-state index in [2.05, 4.69) is 9.71 Å². The van der Waals surface area contributed by atoms with E-state index in [1.807, 2.05) is 39.0 Å². The van der Waals surface area contributed by atoms with Gasteiger partial charge in [-0.3, -0.25) is 9.78 Å². The molecule has 0 atom stereocenters. The molecule has 1 aliphatic rings. The van der Waals surface area contributed by atoms with Gasteiger partial charge in [-0.15, -0.1) is 0 Å². The van der Waals surface area contributed by atoms with Crippen molar-refractivity contribution in [3.05, 3.63) is 65.4 Å². The monoisotopic (exact) mass is 424 g/mol. The van der Waals surface area contributed by atoms with E-state index in [0.29, 0.717) is 36.1 Å². The van der Waals surface area contributed by atoms with Crippen molar-refractivity contribution in [2.45, 2.75) is 43.9 Å². The molecular formula is C23H24N2O4S. The Morgan fingerprint density at radius 3 is 2.60 bits per heavy atom. The van der Waals surface area contributed by atoms with Crippen LogP contribution in [0.15, 0.2) is 53.4 Å². The quantitative estimate of drug-likeness (QED) is 0.651. The smallest absolute Gasteiger partial charge is 0.264 e. The molecule has 4 rings (SSSR count). The number of fused-ring (bicyclic) bond motifs is 1. The van der Waals surface area contributed by atoms with Gasteiger partial charge in [0.2, 0.25) is 5.91 Å². The highest BCUT2D eigenvalue weighted by Gasteiger charge is 2.54. The summed E-state index contributed by atoms with van der Waals surface area (Å²) in [5.74, 6) is 0.101. The lowest BCUT2D eigenvalue weighted by molar-refractivity contribution is -0.121. The second-order valence-corrected chi connectivity index (χ2v) is 9.38. The van der Waals surface area contributed by atoms with Gasteiger partial charge in [0.15, 0.2) is 0 Å². The van der Waals surface area contributed by atoms with Crippen molar-refractivity contribution in [1.29, 1.82) is 0 Å². The van der Waals surface area contributed by atoms with Gasteiger partial charge >= 0.3 is 0 Å². The maximum Gasteiger partial charge on any atom is 0.264 e. The average molecular weight is 425 g/mol. The zero-order valence-corrected chi connectivity index (χ0v) is 18.0. The Hall–Kier alpha value is -2.93. The Kier molecular flexibility index (Phi) is 5.02. The highest BCUT2D eigenvalue weighted by Crippen LogP contribution is 2.52. The van der Waals surface area contributed by atoms with Crippen molar-refractivity contribution < 1.29 is 17.9 Å². The molecule has 3 aromatic rings. The molecule has 1 N–H and O–H groups in total. The van der Waals surface area contributed by atoms with Crippen molar-refractivity contribution in [1.82, 2.24) is 9.71 Å². The van der Waals surface area contributed by atoms with Crippen molar-refractivity contribution in [2.75, 3.05) is 6.61 Å². The van der Waals surface area contributed by atoms with Crippen LogP contribution in [0.4, 0.5) is 0 Å². The van der Waals surface area contributed by atoms with Gasteiger partial charge < -0.3 is 4.74 Å². The molecule has 30 heavy (non-hydrogen) atoms. The van der Waals surface area contributed by atoms with Crippen LogP contribution in [0.1, 0.15) is 36.6 Å². The van der Waals surface area contributed by atoms with E-state index in [0.717, 1.165) is 16.8 Å². The largest absolute Gasteiger partial charge is 0.494 e. The van der Waals surface area contributed by atoms with E-state index in [1.165, 1.54) is 6.07 Å². The Morgan fingerprint density at radius 2 is 1.90 bits per heavy atom. The van der Waals surface area contributed by atoms with Gasteiger partial charge in [-0.2, -0.15) is 0 Å². The molecule has 156 valence electrons. The van der Waals surface area contributed by atoms with Crippen molar-refractivity contribution in [3.8, 4) is 5.75 Å². The predicted octanol–water partition coefficient (Wildman–Crippen LogP) is 3.79. The van der Waals surface area contributed by atoms with E-state index in [9.17, 15) is 13.2 Å². The molecule has 1 saturated carbocycles. The van der Waals surface area contributed by atoms with Gasteiger partial charge in [-0.25, -0.2) is 13.1 Å².